The number of benzene rings is 1. The molecule has 2 heteroatoms. The highest BCUT2D eigenvalue weighted by Gasteiger charge is 2.50. The highest BCUT2D eigenvalue weighted by atomic mass is 16.1. The average molecular weight is 283 g/mol. The van der Waals surface area contributed by atoms with Gasteiger partial charge in [0.2, 0.25) is 5.91 Å². The maximum Gasteiger partial charge on any atom is 0.228 e. The van der Waals surface area contributed by atoms with Crippen LogP contribution in [0.4, 0.5) is 5.69 Å². The lowest BCUT2D eigenvalue weighted by molar-refractivity contribution is -0.132. The fourth-order valence-corrected chi connectivity index (χ4v) is 5.57. The first-order valence-electron chi connectivity index (χ1n) is 8.49. The summed E-state index contributed by atoms with van der Waals surface area (Å²) in [6.45, 7) is 4.17. The molecule has 0 atom stereocenters. The Morgan fingerprint density at radius 3 is 2.00 bits per heavy atom. The number of anilines is 1. The molecule has 0 radical (unpaired) electrons. The van der Waals surface area contributed by atoms with Gasteiger partial charge in [-0.3, -0.25) is 4.79 Å². The summed E-state index contributed by atoms with van der Waals surface area (Å²) in [6.07, 6.45) is 6.66. The van der Waals surface area contributed by atoms with Gasteiger partial charge in [-0.15, -0.1) is 0 Å². The van der Waals surface area contributed by atoms with E-state index in [-0.39, 0.29) is 5.92 Å². The van der Waals surface area contributed by atoms with Crippen molar-refractivity contribution >= 4 is 11.6 Å². The predicted octanol–water partition coefficient (Wildman–Crippen LogP) is 4.31. The van der Waals surface area contributed by atoms with E-state index in [1.807, 2.05) is 0 Å². The molecule has 2 nitrogen and oxygen atoms in total. The molecular formula is C19H25NO. The number of rotatable bonds is 2. The molecule has 0 aromatic heterocycles. The minimum absolute atomic E-state index is 0.275. The van der Waals surface area contributed by atoms with Crippen LogP contribution in [0.15, 0.2) is 18.2 Å². The summed E-state index contributed by atoms with van der Waals surface area (Å²) in [7, 11) is 0. The minimum Gasteiger partial charge on any atom is -0.325 e. The SMILES string of the molecule is Cc1cccc(C)c1NC(=O)C1C2CC3CC(C2)CC1C3. The molecule has 4 saturated carbocycles. The van der Waals surface area contributed by atoms with Crippen LogP contribution < -0.4 is 5.32 Å². The first-order chi connectivity index (χ1) is 10.1. The van der Waals surface area contributed by atoms with Crippen LogP contribution in [-0.4, -0.2) is 5.91 Å². The molecule has 5 rings (SSSR count). The first-order valence-corrected chi connectivity index (χ1v) is 8.49. The van der Waals surface area contributed by atoms with Crippen molar-refractivity contribution in [1.82, 2.24) is 0 Å². The van der Waals surface area contributed by atoms with Crippen LogP contribution >= 0.6 is 0 Å². The molecule has 112 valence electrons. The second-order valence-electron chi connectivity index (χ2n) is 7.71. The normalized spacial score (nSPS) is 36.8. The van der Waals surface area contributed by atoms with Crippen molar-refractivity contribution in [2.75, 3.05) is 5.32 Å². The van der Waals surface area contributed by atoms with Gasteiger partial charge in [0.25, 0.3) is 0 Å². The Balaban J connectivity index is 1.55. The van der Waals surface area contributed by atoms with Gasteiger partial charge in [0.1, 0.15) is 0 Å². The molecule has 1 aromatic rings. The number of carbonyl (C=O) groups is 1. The second-order valence-corrected chi connectivity index (χ2v) is 7.71. The van der Waals surface area contributed by atoms with Gasteiger partial charge in [-0.05, 0) is 80.8 Å². The number of aryl methyl sites for hydroxylation is 2. The van der Waals surface area contributed by atoms with Crippen LogP contribution in [0, 0.1) is 43.4 Å². The van der Waals surface area contributed by atoms with E-state index in [1.54, 1.807) is 0 Å². The summed E-state index contributed by atoms with van der Waals surface area (Å²) in [5.74, 6) is 3.74. The second kappa shape index (κ2) is 4.86. The van der Waals surface area contributed by atoms with Crippen LogP contribution in [0.25, 0.3) is 0 Å². The molecule has 4 aliphatic carbocycles. The Morgan fingerprint density at radius 2 is 1.48 bits per heavy atom. The van der Waals surface area contributed by atoms with Gasteiger partial charge in [0.05, 0.1) is 0 Å². The van der Waals surface area contributed by atoms with Gasteiger partial charge >= 0.3 is 0 Å². The standard InChI is InChI=1S/C19H25NO/c1-11-4-3-5-12(2)18(11)20-19(21)17-15-7-13-6-14(9-15)10-16(17)8-13/h3-5,13-17H,6-10H2,1-2H3,(H,20,21). The van der Waals surface area contributed by atoms with Gasteiger partial charge in [0, 0.05) is 11.6 Å². The highest BCUT2D eigenvalue weighted by molar-refractivity contribution is 5.94. The van der Waals surface area contributed by atoms with E-state index >= 15 is 0 Å². The third-order valence-electron chi connectivity index (χ3n) is 6.26. The summed E-state index contributed by atoms with van der Waals surface area (Å²) >= 11 is 0. The zero-order chi connectivity index (χ0) is 14.6. The lowest BCUT2D eigenvalue weighted by Gasteiger charge is -2.53. The van der Waals surface area contributed by atoms with E-state index in [2.05, 4.69) is 37.4 Å². The van der Waals surface area contributed by atoms with Crippen LogP contribution in [-0.2, 0) is 4.79 Å². The molecule has 4 fully saturated rings. The highest BCUT2D eigenvalue weighted by Crippen LogP contribution is 2.56. The number of hydrogen-bond donors (Lipinski definition) is 1. The van der Waals surface area contributed by atoms with E-state index < -0.39 is 0 Å². The molecule has 4 aliphatic rings. The zero-order valence-electron chi connectivity index (χ0n) is 13.1. The zero-order valence-corrected chi connectivity index (χ0v) is 13.1. The van der Waals surface area contributed by atoms with Crippen molar-refractivity contribution in [3.05, 3.63) is 29.3 Å². The molecule has 4 bridgehead atoms. The number of para-hydroxylation sites is 1. The number of carbonyl (C=O) groups excluding carboxylic acids is 1. The minimum atomic E-state index is 0.275. The molecule has 0 spiro atoms. The molecule has 1 N–H and O–H groups in total. The third kappa shape index (κ3) is 2.20. The average Bonchev–Trinajstić information content (AvgIpc) is 2.42. The van der Waals surface area contributed by atoms with E-state index in [0.717, 1.165) is 17.5 Å². The van der Waals surface area contributed by atoms with Crippen molar-refractivity contribution in [2.45, 2.75) is 46.0 Å². The van der Waals surface area contributed by atoms with Crippen molar-refractivity contribution in [2.24, 2.45) is 29.6 Å². The lowest BCUT2D eigenvalue weighted by Crippen LogP contribution is -2.49. The van der Waals surface area contributed by atoms with Gasteiger partial charge in [0.15, 0.2) is 0 Å². The van der Waals surface area contributed by atoms with Gasteiger partial charge in [-0.1, -0.05) is 18.2 Å². The summed E-state index contributed by atoms with van der Waals surface area (Å²) in [6, 6.07) is 6.22. The molecule has 0 aliphatic heterocycles. The number of hydrogen-bond acceptors (Lipinski definition) is 1. The summed E-state index contributed by atoms with van der Waals surface area (Å²) in [5.41, 5.74) is 3.38. The molecule has 0 unspecified atom stereocenters. The van der Waals surface area contributed by atoms with E-state index in [1.165, 1.54) is 43.2 Å². The smallest absolute Gasteiger partial charge is 0.228 e. The Hall–Kier alpha value is -1.31. The third-order valence-corrected chi connectivity index (χ3v) is 6.26. The van der Waals surface area contributed by atoms with E-state index in [4.69, 9.17) is 0 Å². The van der Waals surface area contributed by atoms with Crippen LogP contribution in [0.3, 0.4) is 0 Å². The lowest BCUT2D eigenvalue weighted by atomic mass is 9.51. The number of nitrogens with one attached hydrogen (secondary N) is 1. The quantitative estimate of drug-likeness (QED) is 0.860. The Bertz CT molecular complexity index is 529. The van der Waals surface area contributed by atoms with Gasteiger partial charge < -0.3 is 5.32 Å². The van der Waals surface area contributed by atoms with Crippen molar-refractivity contribution in [3.63, 3.8) is 0 Å². The molecule has 0 saturated heterocycles. The molecule has 0 heterocycles. The topological polar surface area (TPSA) is 29.1 Å². The Morgan fingerprint density at radius 1 is 0.952 bits per heavy atom. The van der Waals surface area contributed by atoms with Crippen molar-refractivity contribution in [3.8, 4) is 0 Å². The fraction of sp³-hybridized carbons (Fsp3) is 0.632. The largest absolute Gasteiger partial charge is 0.325 e. The van der Waals surface area contributed by atoms with Crippen molar-refractivity contribution < 1.29 is 4.79 Å². The van der Waals surface area contributed by atoms with Crippen LogP contribution in [0.2, 0.25) is 0 Å². The number of amides is 1. The van der Waals surface area contributed by atoms with Gasteiger partial charge in [-0.25, -0.2) is 0 Å². The first kappa shape index (κ1) is 13.4. The molecule has 21 heavy (non-hydrogen) atoms. The molecule has 1 amide bonds. The van der Waals surface area contributed by atoms with E-state index in [0.29, 0.717) is 17.7 Å². The summed E-state index contributed by atoms with van der Waals surface area (Å²) in [5, 5.41) is 3.27. The monoisotopic (exact) mass is 283 g/mol. The van der Waals surface area contributed by atoms with Gasteiger partial charge in [-0.2, -0.15) is 0 Å². The maximum atomic E-state index is 12.9. The maximum absolute atomic E-state index is 12.9. The fourth-order valence-electron chi connectivity index (χ4n) is 5.57. The summed E-state index contributed by atoms with van der Waals surface area (Å²) < 4.78 is 0. The molecular weight excluding hydrogens is 258 g/mol. The van der Waals surface area contributed by atoms with Crippen LogP contribution in [0.1, 0.15) is 43.2 Å². The van der Waals surface area contributed by atoms with Crippen LogP contribution in [0.5, 0.6) is 0 Å². The molecule has 1 aromatic carbocycles. The van der Waals surface area contributed by atoms with Crippen molar-refractivity contribution in [1.29, 1.82) is 0 Å². The van der Waals surface area contributed by atoms with E-state index in [9.17, 15) is 4.79 Å². The predicted molar refractivity (Wildman–Crippen MR) is 85.1 cm³/mol. The Labute approximate surface area is 127 Å². The summed E-state index contributed by atoms with van der Waals surface area (Å²) in [4.78, 5) is 12.9. The Kier molecular flexibility index (Phi) is 3.09.